The summed E-state index contributed by atoms with van der Waals surface area (Å²) in [4.78, 5) is 12.1. The third-order valence-electron chi connectivity index (χ3n) is 4.01. The number of amides is 1. The third kappa shape index (κ3) is 3.68. The first-order chi connectivity index (χ1) is 8.03. The van der Waals surface area contributed by atoms with E-state index >= 15 is 0 Å². The van der Waals surface area contributed by atoms with Gasteiger partial charge in [0.25, 0.3) is 0 Å². The number of aliphatic hydroxyl groups excluding tert-OH is 1. The number of carbonyl (C=O) groups is 1. The first kappa shape index (κ1) is 14.5. The fraction of sp³-hybridized carbons (Fsp3) is 0.923. The van der Waals surface area contributed by atoms with Crippen molar-refractivity contribution in [3.05, 3.63) is 0 Å². The molecule has 1 aliphatic carbocycles. The second-order valence-electron chi connectivity index (χ2n) is 5.15. The van der Waals surface area contributed by atoms with E-state index in [0.29, 0.717) is 12.8 Å². The summed E-state index contributed by atoms with van der Waals surface area (Å²) in [5, 5.41) is 12.9. The van der Waals surface area contributed by atoms with Gasteiger partial charge in [0, 0.05) is 0 Å². The van der Waals surface area contributed by atoms with E-state index in [9.17, 15) is 9.90 Å². The van der Waals surface area contributed by atoms with Gasteiger partial charge >= 0.3 is 0 Å². The van der Waals surface area contributed by atoms with Crippen LogP contribution in [0, 0.1) is 0 Å². The van der Waals surface area contributed by atoms with E-state index in [0.717, 1.165) is 32.1 Å². The average Bonchev–Trinajstić information content (AvgIpc) is 2.54. The van der Waals surface area contributed by atoms with Crippen LogP contribution >= 0.6 is 0 Å². The molecule has 1 saturated carbocycles. The smallest absolute Gasteiger partial charge is 0.240 e. The van der Waals surface area contributed by atoms with Crippen LogP contribution in [0.3, 0.4) is 0 Å². The first-order valence-corrected chi connectivity index (χ1v) is 6.81. The van der Waals surface area contributed by atoms with Gasteiger partial charge in [-0.2, -0.15) is 0 Å². The normalized spacial score (nSPS) is 26.4. The molecule has 4 heteroatoms. The quantitative estimate of drug-likeness (QED) is 0.651. The van der Waals surface area contributed by atoms with Crippen molar-refractivity contribution in [1.82, 2.24) is 5.32 Å². The second kappa shape index (κ2) is 6.36. The van der Waals surface area contributed by atoms with Gasteiger partial charge in [0.05, 0.1) is 17.7 Å². The average molecular weight is 242 g/mol. The molecule has 0 heterocycles. The van der Waals surface area contributed by atoms with Crippen LogP contribution in [0.25, 0.3) is 0 Å². The summed E-state index contributed by atoms with van der Waals surface area (Å²) in [6.45, 7) is 3.85. The zero-order valence-corrected chi connectivity index (χ0v) is 11.0. The van der Waals surface area contributed by atoms with Crippen molar-refractivity contribution in [2.24, 2.45) is 5.73 Å². The van der Waals surface area contributed by atoms with Crippen LogP contribution in [-0.2, 0) is 4.79 Å². The summed E-state index contributed by atoms with van der Waals surface area (Å²) < 4.78 is 0. The maximum Gasteiger partial charge on any atom is 0.240 e. The molecule has 1 amide bonds. The van der Waals surface area contributed by atoms with Gasteiger partial charge in [-0.05, 0) is 25.7 Å². The maximum atomic E-state index is 12.1. The molecule has 0 aliphatic heterocycles. The van der Waals surface area contributed by atoms with Gasteiger partial charge in [0.1, 0.15) is 0 Å². The minimum absolute atomic E-state index is 0.117. The minimum atomic E-state index is -0.786. The number of nitrogens with two attached hydrogens (primary N) is 1. The van der Waals surface area contributed by atoms with E-state index < -0.39 is 11.6 Å². The zero-order valence-electron chi connectivity index (χ0n) is 11.0. The predicted molar refractivity (Wildman–Crippen MR) is 68.5 cm³/mol. The van der Waals surface area contributed by atoms with Gasteiger partial charge in [0.2, 0.25) is 5.91 Å². The van der Waals surface area contributed by atoms with E-state index in [1.54, 1.807) is 0 Å². The topological polar surface area (TPSA) is 75.4 Å². The van der Waals surface area contributed by atoms with Gasteiger partial charge in [-0.15, -0.1) is 0 Å². The summed E-state index contributed by atoms with van der Waals surface area (Å²) in [5.41, 5.74) is 5.26. The molecule has 100 valence electrons. The van der Waals surface area contributed by atoms with Crippen molar-refractivity contribution in [2.75, 3.05) is 0 Å². The minimum Gasteiger partial charge on any atom is -0.391 e. The van der Waals surface area contributed by atoms with Crippen LogP contribution in [0.15, 0.2) is 0 Å². The molecular formula is C13H26N2O2. The Balaban J connectivity index is 2.59. The van der Waals surface area contributed by atoms with Gasteiger partial charge in [-0.25, -0.2) is 0 Å². The van der Waals surface area contributed by atoms with Crippen molar-refractivity contribution < 1.29 is 9.90 Å². The molecule has 17 heavy (non-hydrogen) atoms. The molecule has 2 atom stereocenters. The van der Waals surface area contributed by atoms with Crippen LogP contribution in [0.5, 0.6) is 0 Å². The van der Waals surface area contributed by atoms with Gasteiger partial charge in [-0.3, -0.25) is 4.79 Å². The van der Waals surface area contributed by atoms with Crippen LogP contribution in [-0.4, -0.2) is 28.7 Å². The Hall–Kier alpha value is -0.610. The van der Waals surface area contributed by atoms with Crippen LogP contribution in [0.4, 0.5) is 0 Å². The molecule has 0 aromatic heterocycles. The summed E-state index contributed by atoms with van der Waals surface area (Å²) >= 11 is 0. The monoisotopic (exact) mass is 242 g/mol. The van der Waals surface area contributed by atoms with Gasteiger partial charge in [-0.1, -0.05) is 33.1 Å². The van der Waals surface area contributed by atoms with E-state index in [2.05, 4.69) is 5.32 Å². The lowest BCUT2D eigenvalue weighted by Gasteiger charge is -2.30. The Labute approximate surface area is 104 Å². The molecule has 0 saturated heterocycles. The van der Waals surface area contributed by atoms with Crippen molar-refractivity contribution in [3.63, 3.8) is 0 Å². The molecule has 0 radical (unpaired) electrons. The molecule has 2 unspecified atom stereocenters. The SMILES string of the molecule is CCC(N)(CC)C(=O)NC1CCCCCC1O. The fourth-order valence-corrected chi connectivity index (χ4v) is 2.34. The Morgan fingerprint density at radius 2 is 1.88 bits per heavy atom. The lowest BCUT2D eigenvalue weighted by Crippen LogP contribution is -2.57. The molecule has 0 aromatic carbocycles. The highest BCUT2D eigenvalue weighted by Crippen LogP contribution is 2.19. The Morgan fingerprint density at radius 3 is 2.47 bits per heavy atom. The summed E-state index contributed by atoms with van der Waals surface area (Å²) in [6, 6.07) is -0.119. The van der Waals surface area contributed by atoms with Crippen molar-refractivity contribution in [3.8, 4) is 0 Å². The standard InChI is InChI=1S/C13H26N2O2/c1-3-13(14,4-2)12(17)15-10-8-6-5-7-9-11(10)16/h10-11,16H,3-9,14H2,1-2H3,(H,15,17). The van der Waals surface area contributed by atoms with Crippen LogP contribution in [0.1, 0.15) is 58.8 Å². The number of carbonyl (C=O) groups excluding carboxylic acids is 1. The van der Waals surface area contributed by atoms with Crippen molar-refractivity contribution in [1.29, 1.82) is 0 Å². The molecule has 0 spiro atoms. The number of hydrogen-bond donors (Lipinski definition) is 3. The van der Waals surface area contributed by atoms with Gasteiger partial charge in [0.15, 0.2) is 0 Å². The maximum absolute atomic E-state index is 12.1. The molecule has 4 N–H and O–H groups in total. The highest BCUT2D eigenvalue weighted by Gasteiger charge is 2.33. The van der Waals surface area contributed by atoms with Crippen molar-refractivity contribution >= 4 is 5.91 Å². The fourth-order valence-electron chi connectivity index (χ4n) is 2.34. The molecule has 1 fully saturated rings. The third-order valence-corrected chi connectivity index (χ3v) is 4.01. The summed E-state index contributed by atoms with van der Waals surface area (Å²) in [5.74, 6) is -0.117. The first-order valence-electron chi connectivity index (χ1n) is 6.81. The lowest BCUT2D eigenvalue weighted by atomic mass is 9.92. The van der Waals surface area contributed by atoms with Crippen LogP contribution < -0.4 is 11.1 Å². The van der Waals surface area contributed by atoms with Crippen LogP contribution in [0.2, 0.25) is 0 Å². The van der Waals surface area contributed by atoms with E-state index in [1.807, 2.05) is 13.8 Å². The highest BCUT2D eigenvalue weighted by molar-refractivity contribution is 5.86. The summed E-state index contributed by atoms with van der Waals surface area (Å²) in [6.07, 6.45) is 5.71. The molecule has 0 aromatic rings. The lowest BCUT2D eigenvalue weighted by molar-refractivity contribution is -0.128. The van der Waals surface area contributed by atoms with Gasteiger partial charge < -0.3 is 16.2 Å². The number of nitrogens with one attached hydrogen (secondary N) is 1. The number of aliphatic hydroxyl groups is 1. The Bertz CT molecular complexity index is 252. The van der Waals surface area contributed by atoms with E-state index in [1.165, 1.54) is 0 Å². The number of rotatable bonds is 4. The summed E-state index contributed by atoms with van der Waals surface area (Å²) in [7, 11) is 0. The number of hydrogen-bond acceptors (Lipinski definition) is 3. The molecule has 1 aliphatic rings. The van der Waals surface area contributed by atoms with E-state index in [4.69, 9.17) is 5.73 Å². The zero-order chi connectivity index (χ0) is 12.9. The Morgan fingerprint density at radius 1 is 1.29 bits per heavy atom. The largest absolute Gasteiger partial charge is 0.391 e. The highest BCUT2D eigenvalue weighted by atomic mass is 16.3. The molecule has 0 bridgehead atoms. The molecular weight excluding hydrogens is 216 g/mol. The van der Waals surface area contributed by atoms with E-state index in [-0.39, 0.29) is 11.9 Å². The second-order valence-corrected chi connectivity index (χ2v) is 5.15. The Kier molecular flexibility index (Phi) is 5.40. The molecule has 1 rings (SSSR count). The van der Waals surface area contributed by atoms with Crippen molar-refractivity contribution in [2.45, 2.75) is 76.5 Å². The predicted octanol–water partition coefficient (Wildman–Crippen LogP) is 1.31. The molecule has 4 nitrogen and oxygen atoms in total.